The Morgan fingerprint density at radius 2 is 2.12 bits per heavy atom. The van der Waals surface area contributed by atoms with Crippen molar-refractivity contribution in [2.75, 3.05) is 25.2 Å². The van der Waals surface area contributed by atoms with Gasteiger partial charge in [-0.05, 0) is 37.6 Å². The number of sulfone groups is 1. The predicted octanol–water partition coefficient (Wildman–Crippen LogP) is 1.97. The third-order valence-electron chi connectivity index (χ3n) is 4.58. The quantitative estimate of drug-likeness (QED) is 0.671. The second-order valence-electron chi connectivity index (χ2n) is 6.62. The van der Waals surface area contributed by atoms with Gasteiger partial charge in [0.25, 0.3) is 0 Å². The molecule has 1 fully saturated rings. The van der Waals surface area contributed by atoms with Crippen molar-refractivity contribution in [1.29, 1.82) is 0 Å². The smallest absolute Gasteiger partial charge is 0.151 e. The number of nitrogens with zero attached hydrogens (tertiary/aromatic N) is 3. The summed E-state index contributed by atoms with van der Waals surface area (Å²) in [6.45, 7) is 2.31. The van der Waals surface area contributed by atoms with Gasteiger partial charge in [-0.3, -0.25) is 4.90 Å². The zero-order valence-corrected chi connectivity index (χ0v) is 15.4. The zero-order valence-electron chi connectivity index (χ0n) is 14.5. The van der Waals surface area contributed by atoms with Crippen LogP contribution in [0.15, 0.2) is 43.0 Å². The second kappa shape index (κ2) is 8.01. The molecule has 3 rings (SSSR count). The fraction of sp³-hybridized carbons (Fsp3) is 0.500. The molecule has 1 aliphatic heterocycles. The number of hydrogen-bond donors (Lipinski definition) is 0. The van der Waals surface area contributed by atoms with E-state index in [0.717, 1.165) is 37.2 Å². The highest BCUT2D eigenvalue weighted by Crippen LogP contribution is 2.19. The summed E-state index contributed by atoms with van der Waals surface area (Å²) in [7, 11) is -0.844. The number of ether oxygens (including phenoxy) is 1. The molecule has 25 heavy (non-hydrogen) atoms. The molecule has 0 aliphatic carbocycles. The van der Waals surface area contributed by atoms with E-state index < -0.39 is 9.84 Å². The summed E-state index contributed by atoms with van der Waals surface area (Å²) in [5.74, 6) is 1.45. The SMILES string of the molecule is CN(Cc1ccc(OCCCn2ccnc2)cc1)[C@H]1CCS(=O)(=O)C1. The van der Waals surface area contributed by atoms with Gasteiger partial charge in [0.1, 0.15) is 5.75 Å². The summed E-state index contributed by atoms with van der Waals surface area (Å²) in [5, 5.41) is 0. The van der Waals surface area contributed by atoms with E-state index >= 15 is 0 Å². The Labute approximate surface area is 149 Å². The van der Waals surface area contributed by atoms with Gasteiger partial charge in [0.05, 0.1) is 24.4 Å². The first kappa shape index (κ1) is 17.9. The molecule has 0 bridgehead atoms. The highest BCUT2D eigenvalue weighted by molar-refractivity contribution is 7.91. The van der Waals surface area contributed by atoms with Crippen molar-refractivity contribution >= 4 is 9.84 Å². The minimum atomic E-state index is -2.84. The first-order valence-corrected chi connectivity index (χ1v) is 10.4. The molecule has 0 radical (unpaired) electrons. The number of aryl methyl sites for hydroxylation is 1. The van der Waals surface area contributed by atoms with Crippen LogP contribution in [-0.2, 0) is 22.9 Å². The third kappa shape index (κ3) is 5.31. The normalized spacial score (nSPS) is 19.4. The Bertz CT molecular complexity index is 757. The van der Waals surface area contributed by atoms with Gasteiger partial charge >= 0.3 is 0 Å². The maximum Gasteiger partial charge on any atom is 0.151 e. The maximum atomic E-state index is 11.6. The molecule has 136 valence electrons. The first-order valence-electron chi connectivity index (χ1n) is 8.60. The van der Waals surface area contributed by atoms with Crippen molar-refractivity contribution in [3.05, 3.63) is 48.5 Å². The molecule has 6 nitrogen and oxygen atoms in total. The number of rotatable bonds is 8. The molecular formula is C18H25N3O3S. The van der Waals surface area contributed by atoms with Gasteiger partial charge < -0.3 is 9.30 Å². The van der Waals surface area contributed by atoms with Crippen LogP contribution in [-0.4, -0.2) is 54.1 Å². The number of benzene rings is 1. The minimum absolute atomic E-state index is 0.129. The number of aromatic nitrogens is 2. The Balaban J connectivity index is 1.42. The molecule has 1 aromatic heterocycles. The number of imidazole rings is 1. The Morgan fingerprint density at radius 3 is 2.76 bits per heavy atom. The molecule has 0 amide bonds. The van der Waals surface area contributed by atoms with Crippen molar-refractivity contribution in [1.82, 2.24) is 14.5 Å². The fourth-order valence-corrected chi connectivity index (χ4v) is 4.89. The van der Waals surface area contributed by atoms with E-state index in [2.05, 4.69) is 9.88 Å². The molecule has 0 saturated carbocycles. The predicted molar refractivity (Wildman–Crippen MR) is 97.3 cm³/mol. The van der Waals surface area contributed by atoms with E-state index in [9.17, 15) is 8.42 Å². The largest absolute Gasteiger partial charge is 0.494 e. The molecule has 1 saturated heterocycles. The standard InChI is InChI=1S/C18H25N3O3S/c1-20(17-7-12-25(22,23)14-17)13-16-3-5-18(6-4-16)24-11-2-9-21-10-8-19-15-21/h3-6,8,10,15,17H,2,7,9,11-14H2,1H3/t17-/m0/s1. The van der Waals surface area contributed by atoms with Gasteiger partial charge in [-0.15, -0.1) is 0 Å². The van der Waals surface area contributed by atoms with Gasteiger partial charge in [-0.1, -0.05) is 12.1 Å². The van der Waals surface area contributed by atoms with E-state index in [1.165, 1.54) is 0 Å². The van der Waals surface area contributed by atoms with E-state index in [4.69, 9.17) is 4.74 Å². The molecule has 7 heteroatoms. The average molecular weight is 363 g/mol. The van der Waals surface area contributed by atoms with Crippen LogP contribution in [0.25, 0.3) is 0 Å². The average Bonchev–Trinajstić information content (AvgIpc) is 3.22. The fourth-order valence-electron chi connectivity index (χ4n) is 3.09. The molecule has 2 heterocycles. The molecule has 1 aromatic carbocycles. The summed E-state index contributed by atoms with van der Waals surface area (Å²) in [5.41, 5.74) is 1.16. The maximum absolute atomic E-state index is 11.6. The zero-order chi connectivity index (χ0) is 17.7. The lowest BCUT2D eigenvalue weighted by atomic mass is 10.1. The molecule has 0 spiro atoms. The summed E-state index contributed by atoms with van der Waals surface area (Å²) in [6.07, 6.45) is 7.19. The minimum Gasteiger partial charge on any atom is -0.494 e. The van der Waals surface area contributed by atoms with Gasteiger partial charge in [-0.25, -0.2) is 13.4 Å². The molecule has 1 atom stereocenters. The van der Waals surface area contributed by atoms with Crippen molar-refractivity contribution in [2.24, 2.45) is 0 Å². The summed E-state index contributed by atoms with van der Waals surface area (Å²) in [6, 6.07) is 8.18. The highest BCUT2D eigenvalue weighted by Gasteiger charge is 2.30. The van der Waals surface area contributed by atoms with E-state index in [-0.39, 0.29) is 11.8 Å². The monoisotopic (exact) mass is 363 g/mol. The van der Waals surface area contributed by atoms with Crippen molar-refractivity contribution < 1.29 is 13.2 Å². The van der Waals surface area contributed by atoms with Gasteiger partial charge in [0.2, 0.25) is 0 Å². The molecule has 1 aliphatic rings. The van der Waals surface area contributed by atoms with Crippen molar-refractivity contribution in [2.45, 2.75) is 32.0 Å². The van der Waals surface area contributed by atoms with E-state index in [0.29, 0.717) is 12.4 Å². The van der Waals surface area contributed by atoms with Crippen LogP contribution in [0.4, 0.5) is 0 Å². The van der Waals surface area contributed by atoms with Crippen LogP contribution in [0.1, 0.15) is 18.4 Å². The molecule has 2 aromatic rings. The summed E-state index contributed by atoms with van der Waals surface area (Å²) < 4.78 is 31.0. The Morgan fingerprint density at radius 1 is 1.32 bits per heavy atom. The van der Waals surface area contributed by atoms with Crippen LogP contribution in [0.2, 0.25) is 0 Å². The van der Waals surface area contributed by atoms with Crippen molar-refractivity contribution in [3.8, 4) is 5.75 Å². The lowest BCUT2D eigenvalue weighted by Gasteiger charge is -2.23. The van der Waals surface area contributed by atoms with Crippen molar-refractivity contribution in [3.63, 3.8) is 0 Å². The number of hydrogen-bond acceptors (Lipinski definition) is 5. The topological polar surface area (TPSA) is 64.4 Å². The molecule has 0 unspecified atom stereocenters. The van der Waals surface area contributed by atoms with Gasteiger partial charge in [0, 0.05) is 31.5 Å². The second-order valence-corrected chi connectivity index (χ2v) is 8.85. The highest BCUT2D eigenvalue weighted by atomic mass is 32.2. The van der Waals surface area contributed by atoms with Crippen LogP contribution in [0, 0.1) is 0 Å². The Hall–Kier alpha value is -1.86. The summed E-state index contributed by atoms with van der Waals surface area (Å²) >= 11 is 0. The first-order chi connectivity index (χ1) is 12.0. The van der Waals surface area contributed by atoms with Crippen LogP contribution in [0.5, 0.6) is 5.75 Å². The molecular weight excluding hydrogens is 338 g/mol. The van der Waals surface area contributed by atoms with Crippen LogP contribution in [0.3, 0.4) is 0 Å². The van der Waals surface area contributed by atoms with E-state index in [1.807, 2.05) is 42.1 Å². The third-order valence-corrected chi connectivity index (χ3v) is 6.33. The van der Waals surface area contributed by atoms with Crippen LogP contribution >= 0.6 is 0 Å². The summed E-state index contributed by atoms with van der Waals surface area (Å²) in [4.78, 5) is 6.14. The van der Waals surface area contributed by atoms with E-state index in [1.54, 1.807) is 12.5 Å². The lowest BCUT2D eigenvalue weighted by molar-refractivity contribution is 0.253. The lowest BCUT2D eigenvalue weighted by Crippen LogP contribution is -2.32. The Kier molecular flexibility index (Phi) is 5.75. The molecule has 0 N–H and O–H groups in total. The van der Waals surface area contributed by atoms with Crippen LogP contribution < -0.4 is 4.74 Å². The van der Waals surface area contributed by atoms with Gasteiger partial charge in [-0.2, -0.15) is 0 Å². The van der Waals surface area contributed by atoms with Gasteiger partial charge in [0.15, 0.2) is 9.84 Å².